The van der Waals surface area contributed by atoms with Crippen molar-refractivity contribution < 1.29 is 42.6 Å². The fraction of sp³-hybridized carbons (Fsp3) is 0.231. The van der Waals surface area contributed by atoms with Gasteiger partial charge in [-0.1, -0.05) is 12.1 Å². The van der Waals surface area contributed by atoms with Gasteiger partial charge in [0.2, 0.25) is 5.78 Å². The fourth-order valence-corrected chi connectivity index (χ4v) is 4.96. The number of carbonyl (C=O) groups is 2. The molecule has 1 atom stereocenters. The number of rotatable bonds is 11. The molecule has 3 rings (SSSR count). The van der Waals surface area contributed by atoms with Gasteiger partial charge in [0, 0.05) is 17.7 Å². The molecule has 36 heavy (non-hydrogen) atoms. The molecule has 3 aromatic carbocycles. The molecular formula is C26H26O9P. The van der Waals surface area contributed by atoms with Crippen LogP contribution in [-0.4, -0.2) is 54.0 Å². The van der Waals surface area contributed by atoms with Crippen LogP contribution >= 0.6 is 7.80 Å². The molecule has 3 aromatic rings. The molecule has 189 valence electrons. The summed E-state index contributed by atoms with van der Waals surface area (Å²) in [7, 11) is 5.67. The van der Waals surface area contributed by atoms with Crippen molar-refractivity contribution in [3.05, 3.63) is 65.2 Å². The highest BCUT2D eigenvalue weighted by Gasteiger charge is 2.31. The van der Waals surface area contributed by atoms with Gasteiger partial charge in [0.05, 0.1) is 48.0 Å². The van der Waals surface area contributed by atoms with E-state index in [0.29, 0.717) is 11.5 Å². The molecule has 0 N–H and O–H groups in total. The van der Waals surface area contributed by atoms with E-state index in [1.807, 2.05) is 0 Å². The van der Waals surface area contributed by atoms with Gasteiger partial charge in [-0.3, -0.25) is 14.2 Å². The Balaban J connectivity index is 2.16. The molecule has 1 unspecified atom stereocenters. The Morgan fingerprint density at radius 1 is 0.639 bits per heavy atom. The lowest BCUT2D eigenvalue weighted by molar-refractivity contribution is 0.103. The molecule has 0 aliphatic rings. The van der Waals surface area contributed by atoms with E-state index in [-0.39, 0.29) is 45.0 Å². The maximum absolute atomic E-state index is 13.8. The molecule has 0 aliphatic carbocycles. The Labute approximate surface area is 209 Å². The number of hydrogen-bond acceptors (Lipinski definition) is 9. The number of ketones is 1. The number of carbonyl (C=O) groups excluding carboxylic acids is 2. The molecular weight excluding hydrogens is 487 g/mol. The van der Waals surface area contributed by atoms with Crippen molar-refractivity contribution in [3.63, 3.8) is 0 Å². The lowest BCUT2D eigenvalue weighted by atomic mass is 10.0. The molecule has 0 fully saturated rings. The topological polar surface area (TPSA) is 107 Å². The Bertz CT molecular complexity index is 1290. The Morgan fingerprint density at radius 2 is 1.19 bits per heavy atom. The van der Waals surface area contributed by atoms with Crippen LogP contribution in [0.5, 0.6) is 34.5 Å². The quantitative estimate of drug-likeness (QED) is 0.275. The molecule has 0 aromatic heterocycles. The average molecular weight is 513 g/mol. The third kappa shape index (κ3) is 4.83. The lowest BCUT2D eigenvalue weighted by Crippen LogP contribution is -2.17. The van der Waals surface area contributed by atoms with Crippen molar-refractivity contribution in [1.82, 2.24) is 0 Å². The van der Waals surface area contributed by atoms with Crippen LogP contribution in [0.3, 0.4) is 0 Å². The first-order valence-corrected chi connectivity index (χ1v) is 11.9. The van der Waals surface area contributed by atoms with Gasteiger partial charge in [0.15, 0.2) is 19.3 Å². The van der Waals surface area contributed by atoms with E-state index >= 15 is 0 Å². The van der Waals surface area contributed by atoms with Crippen molar-refractivity contribution in [2.45, 2.75) is 0 Å². The van der Waals surface area contributed by atoms with E-state index in [1.165, 1.54) is 66.9 Å². The van der Waals surface area contributed by atoms with Gasteiger partial charge in [0.1, 0.15) is 34.1 Å². The minimum atomic E-state index is -2.78. The molecule has 0 bridgehead atoms. The molecule has 0 saturated heterocycles. The van der Waals surface area contributed by atoms with E-state index in [2.05, 4.69) is 0 Å². The van der Waals surface area contributed by atoms with Crippen molar-refractivity contribution >= 4 is 24.4 Å². The zero-order chi connectivity index (χ0) is 26.4. The van der Waals surface area contributed by atoms with Crippen LogP contribution < -0.4 is 33.7 Å². The second kappa shape index (κ2) is 11.6. The SMILES string of the molecule is COc1cc(OC)c(C(=O)[P](=O)c2ccccc2C(=O)c2c(OC)ccc(OC)c2OC)c(OC)c1. The van der Waals surface area contributed by atoms with Crippen LogP contribution in [0.2, 0.25) is 0 Å². The summed E-state index contributed by atoms with van der Waals surface area (Å²) in [4.78, 5) is 27.3. The van der Waals surface area contributed by atoms with Crippen LogP contribution in [0.15, 0.2) is 48.5 Å². The maximum atomic E-state index is 13.8. The van der Waals surface area contributed by atoms with Gasteiger partial charge in [-0.05, 0) is 24.3 Å². The second-order valence-electron chi connectivity index (χ2n) is 7.23. The first kappa shape index (κ1) is 26.5. The zero-order valence-corrected chi connectivity index (χ0v) is 21.6. The van der Waals surface area contributed by atoms with Gasteiger partial charge in [-0.2, -0.15) is 0 Å². The number of methoxy groups -OCH3 is 6. The molecule has 0 aliphatic heterocycles. The lowest BCUT2D eigenvalue weighted by Gasteiger charge is -2.17. The standard InChI is InChI=1S/C26H26O9P/c1-30-15-13-19(33-4)22(20(14-15)34-5)26(28)36(29)21-10-8-7-9-16(21)24(27)23-17(31-2)11-12-18(32-3)25(23)35-6/h7-14H,1-6H3. The van der Waals surface area contributed by atoms with Crippen molar-refractivity contribution in [1.29, 1.82) is 0 Å². The van der Waals surface area contributed by atoms with E-state index in [1.54, 1.807) is 24.3 Å². The van der Waals surface area contributed by atoms with Gasteiger partial charge >= 0.3 is 0 Å². The molecule has 0 heterocycles. The summed E-state index contributed by atoms with van der Waals surface area (Å²) in [5.41, 5.74) is -0.683. The molecule has 10 heteroatoms. The molecule has 0 saturated carbocycles. The Kier molecular flexibility index (Phi) is 8.51. The predicted molar refractivity (Wildman–Crippen MR) is 134 cm³/mol. The van der Waals surface area contributed by atoms with Crippen molar-refractivity contribution in [2.24, 2.45) is 0 Å². The van der Waals surface area contributed by atoms with Crippen LogP contribution in [0.25, 0.3) is 0 Å². The first-order chi connectivity index (χ1) is 17.4. The normalized spacial score (nSPS) is 10.8. The van der Waals surface area contributed by atoms with Gasteiger partial charge in [-0.15, -0.1) is 0 Å². The predicted octanol–water partition coefficient (Wildman–Crippen LogP) is 4.26. The molecule has 9 nitrogen and oxygen atoms in total. The van der Waals surface area contributed by atoms with E-state index in [9.17, 15) is 14.2 Å². The summed E-state index contributed by atoms with van der Waals surface area (Å²) in [6.45, 7) is 0. The summed E-state index contributed by atoms with van der Waals surface area (Å²) in [5.74, 6) is 0.779. The van der Waals surface area contributed by atoms with Gasteiger partial charge in [-0.25, -0.2) is 0 Å². The van der Waals surface area contributed by atoms with Crippen LogP contribution in [0.4, 0.5) is 0 Å². The van der Waals surface area contributed by atoms with E-state index in [0.717, 1.165) is 0 Å². The summed E-state index contributed by atoms with van der Waals surface area (Å²) in [6.07, 6.45) is 0. The van der Waals surface area contributed by atoms with E-state index < -0.39 is 19.1 Å². The van der Waals surface area contributed by atoms with E-state index in [4.69, 9.17) is 28.4 Å². The Morgan fingerprint density at radius 3 is 1.72 bits per heavy atom. The third-order valence-corrected chi connectivity index (χ3v) is 6.86. The van der Waals surface area contributed by atoms with Crippen LogP contribution in [-0.2, 0) is 4.57 Å². The fourth-order valence-electron chi connectivity index (χ4n) is 3.70. The molecule has 0 spiro atoms. The summed E-state index contributed by atoms with van der Waals surface area (Å²) in [6, 6.07) is 12.3. The van der Waals surface area contributed by atoms with Crippen LogP contribution in [0.1, 0.15) is 26.3 Å². The van der Waals surface area contributed by atoms with Crippen LogP contribution in [0, 0.1) is 0 Å². The monoisotopic (exact) mass is 513 g/mol. The summed E-state index contributed by atoms with van der Waals surface area (Å²) >= 11 is 0. The first-order valence-electron chi connectivity index (χ1n) is 10.6. The van der Waals surface area contributed by atoms with Crippen molar-refractivity contribution in [3.8, 4) is 34.5 Å². The highest BCUT2D eigenvalue weighted by atomic mass is 31.1. The maximum Gasteiger partial charge on any atom is 0.254 e. The Hall–Kier alpha value is -4.10. The number of hydrogen-bond donors (Lipinski definition) is 0. The number of benzene rings is 3. The van der Waals surface area contributed by atoms with Gasteiger partial charge in [0.25, 0.3) is 5.52 Å². The number of ether oxygens (including phenoxy) is 6. The third-order valence-electron chi connectivity index (χ3n) is 5.44. The summed E-state index contributed by atoms with van der Waals surface area (Å²) in [5, 5.41) is 0.0364. The zero-order valence-electron chi connectivity index (χ0n) is 20.7. The second-order valence-corrected chi connectivity index (χ2v) is 8.71. The smallest absolute Gasteiger partial charge is 0.254 e. The summed E-state index contributed by atoms with van der Waals surface area (Å²) < 4.78 is 45.7. The minimum absolute atomic E-state index is 0.0271. The average Bonchev–Trinajstić information content (AvgIpc) is 2.93. The van der Waals surface area contributed by atoms with Crippen molar-refractivity contribution in [2.75, 3.05) is 42.7 Å². The highest BCUT2D eigenvalue weighted by Crippen LogP contribution is 2.42. The minimum Gasteiger partial charge on any atom is -0.496 e. The molecule has 0 amide bonds. The highest BCUT2D eigenvalue weighted by molar-refractivity contribution is 7.71. The molecule has 1 radical (unpaired) electrons. The van der Waals surface area contributed by atoms with Gasteiger partial charge < -0.3 is 28.4 Å². The largest absolute Gasteiger partial charge is 0.496 e.